The smallest absolute Gasteiger partial charge is 0.224 e. The van der Waals surface area contributed by atoms with Crippen molar-refractivity contribution in [1.82, 2.24) is 5.32 Å². The fraction of sp³-hybridized carbons (Fsp3) is 0.909. The molecule has 4 heteroatoms. The molecule has 1 amide bonds. The van der Waals surface area contributed by atoms with Crippen LogP contribution in [0.5, 0.6) is 0 Å². The molecule has 0 aliphatic rings. The zero-order valence-corrected chi connectivity index (χ0v) is 10.4. The van der Waals surface area contributed by atoms with Crippen LogP contribution in [0.25, 0.3) is 0 Å². The Kier molecular flexibility index (Phi) is 6.52. The van der Waals surface area contributed by atoms with Crippen LogP contribution in [-0.4, -0.2) is 31.7 Å². The van der Waals surface area contributed by atoms with Crippen molar-refractivity contribution in [3.8, 4) is 0 Å². The third-order valence-electron chi connectivity index (χ3n) is 2.68. The molecule has 0 bridgehead atoms. The molecule has 3 N–H and O–H groups in total. The minimum atomic E-state index is -0.164. The second-order valence-corrected chi connectivity index (χ2v) is 4.46. The van der Waals surface area contributed by atoms with Crippen molar-refractivity contribution in [2.45, 2.75) is 39.8 Å². The van der Waals surface area contributed by atoms with Gasteiger partial charge in [-0.1, -0.05) is 20.8 Å². The van der Waals surface area contributed by atoms with Gasteiger partial charge >= 0.3 is 0 Å². The molecule has 0 saturated carbocycles. The van der Waals surface area contributed by atoms with Gasteiger partial charge in [0, 0.05) is 19.1 Å². The molecular formula is C11H24N2O2. The van der Waals surface area contributed by atoms with E-state index in [2.05, 4.69) is 19.2 Å². The first kappa shape index (κ1) is 14.4. The summed E-state index contributed by atoms with van der Waals surface area (Å²) in [4.78, 5) is 11.7. The van der Waals surface area contributed by atoms with Crippen molar-refractivity contribution in [2.75, 3.05) is 13.7 Å². The second-order valence-electron chi connectivity index (χ2n) is 4.46. The van der Waals surface area contributed by atoms with Gasteiger partial charge in [-0.3, -0.25) is 4.79 Å². The van der Waals surface area contributed by atoms with E-state index in [-0.39, 0.29) is 23.9 Å². The fourth-order valence-corrected chi connectivity index (χ4v) is 1.13. The standard InChI is InChI=1S/C11H24N2O2/c1-7(2)10(6-15-5)13-11(14)8(3)9(4)12/h7-10H,6,12H2,1-5H3,(H,13,14). The first-order valence-electron chi connectivity index (χ1n) is 5.45. The molecule has 0 radical (unpaired) electrons. The van der Waals surface area contributed by atoms with Crippen molar-refractivity contribution in [3.05, 3.63) is 0 Å². The minimum absolute atomic E-state index is 0.000694. The van der Waals surface area contributed by atoms with E-state index in [1.54, 1.807) is 7.11 Å². The number of hydrogen-bond donors (Lipinski definition) is 2. The average molecular weight is 216 g/mol. The molecule has 90 valence electrons. The summed E-state index contributed by atoms with van der Waals surface area (Å²) in [6, 6.07) is -0.0657. The van der Waals surface area contributed by atoms with E-state index in [9.17, 15) is 4.79 Å². The predicted molar refractivity (Wildman–Crippen MR) is 61.5 cm³/mol. The van der Waals surface area contributed by atoms with Gasteiger partial charge < -0.3 is 15.8 Å². The topological polar surface area (TPSA) is 64.3 Å². The molecular weight excluding hydrogens is 192 g/mol. The molecule has 0 fully saturated rings. The van der Waals surface area contributed by atoms with Crippen molar-refractivity contribution >= 4 is 5.91 Å². The Morgan fingerprint density at radius 3 is 2.20 bits per heavy atom. The number of carbonyl (C=O) groups excluding carboxylic acids is 1. The summed E-state index contributed by atoms with van der Waals surface area (Å²) in [6.45, 7) is 8.32. The molecule has 0 aromatic rings. The molecule has 0 aliphatic carbocycles. The average Bonchev–Trinajstić information content (AvgIpc) is 2.15. The highest BCUT2D eigenvalue weighted by Crippen LogP contribution is 2.05. The number of rotatable bonds is 6. The molecule has 0 heterocycles. The lowest BCUT2D eigenvalue weighted by Gasteiger charge is -2.24. The van der Waals surface area contributed by atoms with Crippen LogP contribution < -0.4 is 11.1 Å². The van der Waals surface area contributed by atoms with Gasteiger partial charge in [0.25, 0.3) is 0 Å². The Morgan fingerprint density at radius 2 is 1.87 bits per heavy atom. The summed E-state index contributed by atoms with van der Waals surface area (Å²) < 4.78 is 5.06. The van der Waals surface area contributed by atoms with Gasteiger partial charge in [-0.05, 0) is 12.8 Å². The molecule has 4 nitrogen and oxygen atoms in total. The van der Waals surface area contributed by atoms with E-state index in [1.165, 1.54) is 0 Å². The molecule has 3 unspecified atom stereocenters. The highest BCUT2D eigenvalue weighted by atomic mass is 16.5. The molecule has 0 aromatic carbocycles. The SMILES string of the molecule is COCC(NC(=O)C(C)C(C)N)C(C)C. The Morgan fingerprint density at radius 1 is 1.33 bits per heavy atom. The first-order chi connectivity index (χ1) is 6.90. The van der Waals surface area contributed by atoms with Crippen molar-refractivity contribution in [1.29, 1.82) is 0 Å². The van der Waals surface area contributed by atoms with E-state index < -0.39 is 0 Å². The van der Waals surface area contributed by atoms with Gasteiger partial charge in [-0.2, -0.15) is 0 Å². The van der Waals surface area contributed by atoms with E-state index in [0.717, 1.165) is 0 Å². The third kappa shape index (κ3) is 5.14. The van der Waals surface area contributed by atoms with E-state index in [0.29, 0.717) is 12.5 Å². The van der Waals surface area contributed by atoms with E-state index >= 15 is 0 Å². The molecule has 15 heavy (non-hydrogen) atoms. The summed E-state index contributed by atoms with van der Waals surface area (Å²) in [5.41, 5.74) is 5.67. The molecule has 0 saturated heterocycles. The summed E-state index contributed by atoms with van der Waals surface area (Å²) in [5, 5.41) is 2.95. The first-order valence-corrected chi connectivity index (χ1v) is 5.45. The number of methoxy groups -OCH3 is 1. The molecule has 0 rings (SSSR count). The van der Waals surface area contributed by atoms with Crippen LogP contribution in [0.3, 0.4) is 0 Å². The maximum absolute atomic E-state index is 11.7. The molecule has 3 atom stereocenters. The summed E-state index contributed by atoms with van der Waals surface area (Å²) in [5.74, 6) is 0.193. The van der Waals surface area contributed by atoms with Crippen LogP contribution >= 0.6 is 0 Å². The molecule has 0 aromatic heterocycles. The summed E-state index contributed by atoms with van der Waals surface area (Å²) in [6.07, 6.45) is 0. The lowest BCUT2D eigenvalue weighted by atomic mass is 10.0. The Hall–Kier alpha value is -0.610. The number of amides is 1. The van der Waals surface area contributed by atoms with E-state index in [4.69, 9.17) is 10.5 Å². The Bertz CT molecular complexity index is 193. The highest BCUT2D eigenvalue weighted by molar-refractivity contribution is 5.79. The molecule has 0 aliphatic heterocycles. The van der Waals surface area contributed by atoms with Gasteiger partial charge in [-0.15, -0.1) is 0 Å². The second kappa shape index (κ2) is 6.80. The molecule has 0 spiro atoms. The van der Waals surface area contributed by atoms with Gasteiger partial charge in [0.15, 0.2) is 0 Å². The van der Waals surface area contributed by atoms with Gasteiger partial charge in [0.05, 0.1) is 12.6 Å². The predicted octanol–water partition coefficient (Wildman–Crippen LogP) is 0.757. The van der Waals surface area contributed by atoms with E-state index in [1.807, 2.05) is 13.8 Å². The van der Waals surface area contributed by atoms with Crippen molar-refractivity contribution in [2.24, 2.45) is 17.6 Å². The quantitative estimate of drug-likeness (QED) is 0.689. The summed E-state index contributed by atoms with van der Waals surface area (Å²) in [7, 11) is 1.64. The number of nitrogens with two attached hydrogens (primary N) is 1. The van der Waals surface area contributed by atoms with Crippen LogP contribution in [0.15, 0.2) is 0 Å². The van der Waals surface area contributed by atoms with Crippen LogP contribution in [0.2, 0.25) is 0 Å². The normalized spacial score (nSPS) is 17.3. The fourth-order valence-electron chi connectivity index (χ4n) is 1.13. The van der Waals surface area contributed by atoms with Crippen molar-refractivity contribution < 1.29 is 9.53 Å². The monoisotopic (exact) mass is 216 g/mol. The zero-order valence-electron chi connectivity index (χ0n) is 10.4. The number of hydrogen-bond acceptors (Lipinski definition) is 3. The van der Waals surface area contributed by atoms with Crippen LogP contribution in [0.1, 0.15) is 27.7 Å². The van der Waals surface area contributed by atoms with Gasteiger partial charge in [-0.25, -0.2) is 0 Å². The van der Waals surface area contributed by atoms with Crippen LogP contribution in [-0.2, 0) is 9.53 Å². The zero-order chi connectivity index (χ0) is 12.0. The number of ether oxygens (including phenoxy) is 1. The largest absolute Gasteiger partial charge is 0.383 e. The third-order valence-corrected chi connectivity index (χ3v) is 2.68. The summed E-state index contributed by atoms with van der Waals surface area (Å²) >= 11 is 0. The Balaban J connectivity index is 4.22. The maximum atomic E-state index is 11.7. The van der Waals surface area contributed by atoms with Gasteiger partial charge in [0.2, 0.25) is 5.91 Å². The maximum Gasteiger partial charge on any atom is 0.224 e. The highest BCUT2D eigenvalue weighted by Gasteiger charge is 2.21. The van der Waals surface area contributed by atoms with Crippen LogP contribution in [0.4, 0.5) is 0 Å². The minimum Gasteiger partial charge on any atom is -0.383 e. The lowest BCUT2D eigenvalue weighted by molar-refractivity contribution is -0.126. The van der Waals surface area contributed by atoms with Crippen molar-refractivity contribution in [3.63, 3.8) is 0 Å². The van der Waals surface area contributed by atoms with Crippen LogP contribution in [0, 0.1) is 11.8 Å². The Labute approximate surface area is 92.6 Å². The number of carbonyl (C=O) groups is 1. The van der Waals surface area contributed by atoms with Gasteiger partial charge in [0.1, 0.15) is 0 Å². The lowest BCUT2D eigenvalue weighted by Crippen LogP contribution is -2.47. The number of nitrogens with one attached hydrogen (secondary N) is 1.